The number of unbranched alkanes of at least 4 members (excludes halogenated alkanes) is 2. The average Bonchev–Trinajstić information content (AvgIpc) is 3.13. The van der Waals surface area contributed by atoms with Crippen molar-refractivity contribution in [2.45, 2.75) is 51.0 Å². The molecule has 0 saturated carbocycles. The first kappa shape index (κ1) is 16.6. The van der Waals surface area contributed by atoms with Gasteiger partial charge in [-0.1, -0.05) is 19.3 Å². The Morgan fingerprint density at radius 3 is 3.00 bits per heavy atom. The number of aliphatic hydroxyl groups is 2. The predicted molar refractivity (Wildman–Crippen MR) is 87.8 cm³/mol. The van der Waals surface area contributed by atoms with Crippen LogP contribution in [0.2, 0.25) is 0 Å². The lowest BCUT2D eigenvalue weighted by molar-refractivity contribution is -0.0470. The van der Waals surface area contributed by atoms with Gasteiger partial charge < -0.3 is 20.7 Å². The minimum Gasteiger partial charge on any atom is -0.394 e. The van der Waals surface area contributed by atoms with Gasteiger partial charge in [-0.25, -0.2) is 14.6 Å². The van der Waals surface area contributed by atoms with E-state index in [2.05, 4.69) is 33.8 Å². The van der Waals surface area contributed by atoms with Crippen LogP contribution in [0.1, 0.15) is 44.5 Å². The standard InChI is InChI=1S/C16H21N5O3/c1-2-3-4-5-6-10-14-15(17)18-9-19-16(14)21(20-10)13-7-11(23)12(8-22)24-13/h9,11-13,22-23H,2-4,7-8H2,1H3,(H2,17,18,19)/t11-,12+,13+/m0/s1. The van der Waals surface area contributed by atoms with Gasteiger partial charge in [0, 0.05) is 12.8 Å². The number of nitrogen functional groups attached to an aromatic ring is 1. The molecule has 3 heterocycles. The Kier molecular flexibility index (Phi) is 4.94. The zero-order valence-corrected chi connectivity index (χ0v) is 13.5. The van der Waals surface area contributed by atoms with Crippen LogP contribution in [0.3, 0.4) is 0 Å². The summed E-state index contributed by atoms with van der Waals surface area (Å²) in [4.78, 5) is 8.26. The van der Waals surface area contributed by atoms with Crippen molar-refractivity contribution in [1.29, 1.82) is 0 Å². The molecule has 2 aromatic heterocycles. The van der Waals surface area contributed by atoms with E-state index in [9.17, 15) is 10.2 Å². The first-order chi connectivity index (χ1) is 11.7. The maximum Gasteiger partial charge on any atom is 0.167 e. The van der Waals surface area contributed by atoms with Crippen molar-refractivity contribution in [2.75, 3.05) is 12.3 Å². The molecule has 0 bridgehead atoms. The molecule has 0 radical (unpaired) electrons. The number of nitrogens with zero attached hydrogens (tertiary/aromatic N) is 4. The Morgan fingerprint density at radius 1 is 1.46 bits per heavy atom. The zero-order chi connectivity index (χ0) is 17.1. The molecule has 4 N–H and O–H groups in total. The molecule has 1 aliphatic heterocycles. The van der Waals surface area contributed by atoms with Gasteiger partial charge in [-0.15, -0.1) is 0 Å². The summed E-state index contributed by atoms with van der Waals surface area (Å²) in [6.07, 6.45) is 2.64. The van der Waals surface area contributed by atoms with Gasteiger partial charge in [-0.2, -0.15) is 5.10 Å². The van der Waals surface area contributed by atoms with E-state index in [1.54, 1.807) is 4.68 Å². The monoisotopic (exact) mass is 331 g/mol. The fourth-order valence-corrected chi connectivity index (χ4v) is 2.72. The van der Waals surface area contributed by atoms with Crippen molar-refractivity contribution in [3.63, 3.8) is 0 Å². The number of anilines is 1. The number of rotatable bonds is 4. The Morgan fingerprint density at radius 2 is 2.29 bits per heavy atom. The summed E-state index contributed by atoms with van der Waals surface area (Å²) in [5.74, 6) is 6.43. The molecule has 3 rings (SSSR count). The van der Waals surface area contributed by atoms with Crippen LogP contribution in [0, 0.1) is 11.8 Å². The third-order valence-electron chi connectivity index (χ3n) is 4.04. The second-order valence-corrected chi connectivity index (χ2v) is 5.77. The van der Waals surface area contributed by atoms with Gasteiger partial charge in [0.15, 0.2) is 11.9 Å². The van der Waals surface area contributed by atoms with Crippen LogP contribution in [0.15, 0.2) is 6.33 Å². The minimum absolute atomic E-state index is 0.252. The molecule has 24 heavy (non-hydrogen) atoms. The SMILES string of the molecule is CCCCC#Cc1nn([C@H]2C[C@H](O)[C@@H](CO)O2)c2ncnc(N)c12. The summed E-state index contributed by atoms with van der Waals surface area (Å²) in [5, 5.41) is 24.3. The van der Waals surface area contributed by atoms with Crippen molar-refractivity contribution in [3.8, 4) is 11.8 Å². The van der Waals surface area contributed by atoms with Crippen molar-refractivity contribution in [3.05, 3.63) is 12.0 Å². The molecule has 8 nitrogen and oxygen atoms in total. The highest BCUT2D eigenvalue weighted by Gasteiger charge is 2.36. The van der Waals surface area contributed by atoms with E-state index in [1.807, 2.05) is 0 Å². The molecule has 0 amide bonds. The van der Waals surface area contributed by atoms with Gasteiger partial charge in [0.2, 0.25) is 0 Å². The smallest absolute Gasteiger partial charge is 0.167 e. The minimum atomic E-state index is -0.752. The number of hydrogen-bond acceptors (Lipinski definition) is 7. The van der Waals surface area contributed by atoms with E-state index in [-0.39, 0.29) is 6.61 Å². The molecule has 3 atom stereocenters. The lowest BCUT2D eigenvalue weighted by Gasteiger charge is -2.12. The number of nitrogens with two attached hydrogens (primary N) is 1. The highest BCUT2D eigenvalue weighted by atomic mass is 16.5. The molecule has 2 aromatic rings. The summed E-state index contributed by atoms with van der Waals surface area (Å²) < 4.78 is 7.23. The first-order valence-corrected chi connectivity index (χ1v) is 8.07. The molecule has 128 valence electrons. The summed E-state index contributed by atoms with van der Waals surface area (Å²) in [7, 11) is 0. The maximum absolute atomic E-state index is 9.94. The van der Waals surface area contributed by atoms with Gasteiger partial charge in [0.25, 0.3) is 0 Å². The molecule has 0 unspecified atom stereocenters. The van der Waals surface area contributed by atoms with Crippen LogP contribution >= 0.6 is 0 Å². The largest absolute Gasteiger partial charge is 0.394 e. The average molecular weight is 331 g/mol. The number of aliphatic hydroxyl groups excluding tert-OH is 2. The van der Waals surface area contributed by atoms with Crippen LogP contribution in [0.4, 0.5) is 5.82 Å². The van der Waals surface area contributed by atoms with E-state index >= 15 is 0 Å². The van der Waals surface area contributed by atoms with Crippen LogP contribution in [0.5, 0.6) is 0 Å². The topological polar surface area (TPSA) is 119 Å². The van der Waals surface area contributed by atoms with Crippen molar-refractivity contribution in [1.82, 2.24) is 19.7 Å². The normalized spacial score (nSPS) is 23.4. The number of hydrogen-bond donors (Lipinski definition) is 3. The highest BCUT2D eigenvalue weighted by Crippen LogP contribution is 2.32. The fraction of sp³-hybridized carbons (Fsp3) is 0.562. The van der Waals surface area contributed by atoms with Crippen LogP contribution < -0.4 is 5.73 Å². The van der Waals surface area contributed by atoms with Crippen molar-refractivity contribution < 1.29 is 14.9 Å². The zero-order valence-electron chi connectivity index (χ0n) is 13.5. The number of aromatic nitrogens is 4. The Bertz CT molecular complexity index is 779. The highest BCUT2D eigenvalue weighted by molar-refractivity contribution is 5.90. The Hall–Kier alpha value is -2.21. The van der Waals surface area contributed by atoms with Crippen molar-refractivity contribution in [2.24, 2.45) is 0 Å². The molecular formula is C16H21N5O3. The Balaban J connectivity index is 2.00. The van der Waals surface area contributed by atoms with Gasteiger partial charge >= 0.3 is 0 Å². The molecule has 0 aliphatic carbocycles. The molecule has 1 fully saturated rings. The molecule has 8 heteroatoms. The van der Waals surface area contributed by atoms with E-state index in [4.69, 9.17) is 10.5 Å². The number of fused-ring (bicyclic) bond motifs is 1. The van der Waals surface area contributed by atoms with Crippen molar-refractivity contribution >= 4 is 16.9 Å². The van der Waals surface area contributed by atoms with Gasteiger partial charge in [0.05, 0.1) is 18.1 Å². The van der Waals surface area contributed by atoms with Gasteiger partial charge in [0.1, 0.15) is 23.9 Å². The van der Waals surface area contributed by atoms with E-state index in [1.165, 1.54) is 6.33 Å². The van der Waals surface area contributed by atoms with Crippen LogP contribution in [0.25, 0.3) is 11.0 Å². The molecule has 0 spiro atoms. The second-order valence-electron chi connectivity index (χ2n) is 5.77. The van der Waals surface area contributed by atoms with Gasteiger partial charge in [-0.05, 0) is 12.3 Å². The molecule has 0 aromatic carbocycles. The summed E-state index contributed by atoms with van der Waals surface area (Å²) in [5.41, 5.74) is 6.99. The quantitative estimate of drug-likeness (QED) is 0.554. The summed E-state index contributed by atoms with van der Waals surface area (Å²) in [6.45, 7) is 1.86. The van der Waals surface area contributed by atoms with Crippen LogP contribution in [-0.4, -0.2) is 48.8 Å². The van der Waals surface area contributed by atoms with E-state index < -0.39 is 18.4 Å². The summed E-state index contributed by atoms with van der Waals surface area (Å²) in [6, 6.07) is 0. The first-order valence-electron chi connectivity index (χ1n) is 8.07. The second kappa shape index (κ2) is 7.13. The number of ether oxygens (including phenoxy) is 1. The maximum atomic E-state index is 9.94. The molecule has 1 saturated heterocycles. The lowest BCUT2D eigenvalue weighted by atomic mass is 10.2. The predicted octanol–water partition coefficient (Wildman–Crippen LogP) is 0.591. The third kappa shape index (κ3) is 3.06. The van der Waals surface area contributed by atoms with Crippen LogP contribution in [-0.2, 0) is 4.74 Å². The third-order valence-corrected chi connectivity index (χ3v) is 4.04. The lowest BCUT2D eigenvalue weighted by Crippen LogP contribution is -2.24. The van der Waals surface area contributed by atoms with E-state index in [0.717, 1.165) is 19.3 Å². The van der Waals surface area contributed by atoms with E-state index in [0.29, 0.717) is 29.0 Å². The summed E-state index contributed by atoms with van der Waals surface area (Å²) >= 11 is 0. The van der Waals surface area contributed by atoms with Gasteiger partial charge in [-0.3, -0.25) is 0 Å². The Labute approximate surface area is 139 Å². The fourth-order valence-electron chi connectivity index (χ4n) is 2.72. The molecular weight excluding hydrogens is 310 g/mol. The molecule has 1 aliphatic rings.